The van der Waals surface area contributed by atoms with Crippen LogP contribution in [0.25, 0.3) is 0 Å². The van der Waals surface area contributed by atoms with Crippen LogP contribution in [0.1, 0.15) is 19.3 Å². The standard InChI is InChI=1S/C11H13BrN2O3/c12-7-1-4-10(14(15)16)11(5-7)17-9-3-2-8(13)6-9/h1,4-5,8-9H,2-3,6,13H2. The highest BCUT2D eigenvalue weighted by molar-refractivity contribution is 9.10. The van der Waals surface area contributed by atoms with Crippen LogP contribution in [0.3, 0.4) is 0 Å². The zero-order valence-electron chi connectivity index (χ0n) is 9.14. The molecule has 2 unspecified atom stereocenters. The lowest BCUT2D eigenvalue weighted by Gasteiger charge is -2.13. The maximum Gasteiger partial charge on any atom is 0.311 e. The van der Waals surface area contributed by atoms with E-state index in [9.17, 15) is 10.1 Å². The molecular weight excluding hydrogens is 288 g/mol. The summed E-state index contributed by atoms with van der Waals surface area (Å²) in [6.07, 6.45) is 2.50. The number of rotatable bonds is 3. The predicted octanol–water partition coefficient (Wildman–Crippen LogP) is 2.62. The Morgan fingerprint density at radius 3 is 2.82 bits per heavy atom. The van der Waals surface area contributed by atoms with Crippen molar-refractivity contribution in [2.24, 2.45) is 5.73 Å². The molecule has 1 aliphatic carbocycles. The smallest absolute Gasteiger partial charge is 0.311 e. The third kappa shape index (κ3) is 2.95. The first-order valence-corrected chi connectivity index (χ1v) is 6.21. The molecule has 1 saturated carbocycles. The van der Waals surface area contributed by atoms with Gasteiger partial charge < -0.3 is 10.5 Å². The lowest BCUT2D eigenvalue weighted by Crippen LogP contribution is -2.19. The fourth-order valence-corrected chi connectivity index (χ4v) is 2.33. The maximum absolute atomic E-state index is 10.9. The SMILES string of the molecule is NC1CCC(Oc2cc(Br)ccc2[N+](=O)[O-])C1. The Bertz CT molecular complexity index is 439. The predicted molar refractivity (Wildman–Crippen MR) is 67.0 cm³/mol. The average Bonchev–Trinajstić information content (AvgIpc) is 2.63. The topological polar surface area (TPSA) is 78.4 Å². The number of hydrogen-bond donors (Lipinski definition) is 1. The van der Waals surface area contributed by atoms with E-state index < -0.39 is 4.92 Å². The Morgan fingerprint density at radius 2 is 2.24 bits per heavy atom. The molecule has 17 heavy (non-hydrogen) atoms. The summed E-state index contributed by atoms with van der Waals surface area (Å²) in [5.74, 6) is 0.309. The Hall–Kier alpha value is -1.14. The van der Waals surface area contributed by atoms with Crippen molar-refractivity contribution in [3.63, 3.8) is 0 Å². The third-order valence-electron chi connectivity index (χ3n) is 2.84. The number of nitrogens with two attached hydrogens (primary N) is 1. The molecule has 1 aromatic rings. The minimum atomic E-state index is -0.434. The van der Waals surface area contributed by atoms with Gasteiger partial charge >= 0.3 is 5.69 Å². The molecule has 6 heteroatoms. The van der Waals surface area contributed by atoms with Crippen LogP contribution in [0.2, 0.25) is 0 Å². The molecule has 1 aliphatic rings. The molecule has 0 heterocycles. The molecule has 0 aromatic heterocycles. The minimum absolute atomic E-state index is 0.00586. The molecule has 0 radical (unpaired) electrons. The monoisotopic (exact) mass is 300 g/mol. The molecule has 1 fully saturated rings. The molecule has 2 atom stereocenters. The molecule has 0 spiro atoms. The van der Waals surface area contributed by atoms with Crippen molar-refractivity contribution < 1.29 is 9.66 Å². The van der Waals surface area contributed by atoms with Gasteiger partial charge in [0.15, 0.2) is 5.75 Å². The van der Waals surface area contributed by atoms with Crippen molar-refractivity contribution in [2.75, 3.05) is 0 Å². The highest BCUT2D eigenvalue weighted by Gasteiger charge is 2.26. The Kier molecular flexibility index (Phi) is 3.63. The molecular formula is C11H13BrN2O3. The summed E-state index contributed by atoms with van der Waals surface area (Å²) in [6.45, 7) is 0. The molecule has 5 nitrogen and oxygen atoms in total. The third-order valence-corrected chi connectivity index (χ3v) is 3.33. The van der Waals surface area contributed by atoms with Crippen LogP contribution in [-0.2, 0) is 0 Å². The Labute approximate surface area is 107 Å². The fraction of sp³-hybridized carbons (Fsp3) is 0.455. The van der Waals surface area contributed by atoms with Gasteiger partial charge in [-0.3, -0.25) is 10.1 Å². The van der Waals surface area contributed by atoms with Gasteiger partial charge in [-0.2, -0.15) is 0 Å². The van der Waals surface area contributed by atoms with E-state index in [1.54, 1.807) is 12.1 Å². The second-order valence-corrected chi connectivity index (χ2v) is 5.10. The molecule has 2 rings (SSSR count). The lowest BCUT2D eigenvalue weighted by atomic mass is 10.2. The van der Waals surface area contributed by atoms with Crippen LogP contribution < -0.4 is 10.5 Å². The second-order valence-electron chi connectivity index (χ2n) is 4.18. The number of hydrogen-bond acceptors (Lipinski definition) is 4. The quantitative estimate of drug-likeness (QED) is 0.687. The van der Waals surface area contributed by atoms with E-state index in [0.717, 1.165) is 23.7 Å². The van der Waals surface area contributed by atoms with Crippen LogP contribution >= 0.6 is 15.9 Å². The second kappa shape index (κ2) is 5.01. The Balaban J connectivity index is 2.19. The van der Waals surface area contributed by atoms with Crippen molar-refractivity contribution in [2.45, 2.75) is 31.4 Å². The molecule has 0 bridgehead atoms. The molecule has 92 valence electrons. The van der Waals surface area contributed by atoms with Gasteiger partial charge in [0.2, 0.25) is 0 Å². The van der Waals surface area contributed by atoms with Gasteiger partial charge in [0.1, 0.15) is 6.10 Å². The van der Waals surface area contributed by atoms with E-state index in [4.69, 9.17) is 10.5 Å². The van der Waals surface area contributed by atoms with Crippen LogP contribution in [0.4, 0.5) is 5.69 Å². The van der Waals surface area contributed by atoms with Crippen molar-refractivity contribution >= 4 is 21.6 Å². The molecule has 0 saturated heterocycles. The summed E-state index contributed by atoms with van der Waals surface area (Å²) in [5.41, 5.74) is 5.78. The number of halogens is 1. The number of nitro groups is 1. The van der Waals surface area contributed by atoms with Gasteiger partial charge in [0.25, 0.3) is 0 Å². The molecule has 0 aliphatic heterocycles. The van der Waals surface area contributed by atoms with Gasteiger partial charge in [-0.15, -0.1) is 0 Å². The summed E-state index contributed by atoms with van der Waals surface area (Å²) < 4.78 is 6.43. The van der Waals surface area contributed by atoms with E-state index in [-0.39, 0.29) is 17.8 Å². The maximum atomic E-state index is 10.9. The van der Waals surface area contributed by atoms with Gasteiger partial charge in [-0.1, -0.05) is 15.9 Å². The zero-order chi connectivity index (χ0) is 12.4. The highest BCUT2D eigenvalue weighted by Crippen LogP contribution is 2.33. The van der Waals surface area contributed by atoms with E-state index >= 15 is 0 Å². The van der Waals surface area contributed by atoms with Gasteiger partial charge in [0, 0.05) is 22.6 Å². The summed E-state index contributed by atoms with van der Waals surface area (Å²) in [7, 11) is 0. The summed E-state index contributed by atoms with van der Waals surface area (Å²) in [5, 5.41) is 10.9. The number of benzene rings is 1. The van der Waals surface area contributed by atoms with E-state index in [1.165, 1.54) is 6.07 Å². The molecule has 2 N–H and O–H groups in total. The van der Waals surface area contributed by atoms with E-state index in [1.807, 2.05) is 0 Å². The number of ether oxygens (including phenoxy) is 1. The number of nitrogens with zero attached hydrogens (tertiary/aromatic N) is 1. The van der Waals surface area contributed by atoms with E-state index in [2.05, 4.69) is 15.9 Å². The normalized spacial score (nSPS) is 23.6. The van der Waals surface area contributed by atoms with Gasteiger partial charge in [0.05, 0.1) is 4.92 Å². The van der Waals surface area contributed by atoms with E-state index in [0.29, 0.717) is 5.75 Å². The molecule has 1 aromatic carbocycles. The van der Waals surface area contributed by atoms with Gasteiger partial charge in [-0.05, 0) is 25.3 Å². The van der Waals surface area contributed by atoms with Crippen LogP contribution in [0, 0.1) is 10.1 Å². The minimum Gasteiger partial charge on any atom is -0.483 e. The van der Waals surface area contributed by atoms with Crippen molar-refractivity contribution in [3.8, 4) is 5.75 Å². The summed E-state index contributed by atoms with van der Waals surface area (Å²) in [6, 6.07) is 4.84. The first-order valence-electron chi connectivity index (χ1n) is 5.42. The average molecular weight is 301 g/mol. The van der Waals surface area contributed by atoms with Crippen LogP contribution in [0.5, 0.6) is 5.75 Å². The van der Waals surface area contributed by atoms with Crippen LogP contribution in [-0.4, -0.2) is 17.1 Å². The first kappa shape index (κ1) is 12.3. The highest BCUT2D eigenvalue weighted by atomic mass is 79.9. The van der Waals surface area contributed by atoms with Crippen LogP contribution in [0.15, 0.2) is 22.7 Å². The van der Waals surface area contributed by atoms with Gasteiger partial charge in [-0.25, -0.2) is 0 Å². The number of nitro benzene ring substituents is 1. The molecule has 0 amide bonds. The largest absolute Gasteiger partial charge is 0.483 e. The zero-order valence-corrected chi connectivity index (χ0v) is 10.7. The van der Waals surface area contributed by atoms with Crippen molar-refractivity contribution in [1.29, 1.82) is 0 Å². The summed E-state index contributed by atoms with van der Waals surface area (Å²) in [4.78, 5) is 10.4. The Morgan fingerprint density at radius 1 is 1.47 bits per heavy atom. The summed E-state index contributed by atoms with van der Waals surface area (Å²) >= 11 is 3.28. The fourth-order valence-electron chi connectivity index (χ4n) is 1.99. The lowest BCUT2D eigenvalue weighted by molar-refractivity contribution is -0.386. The van der Waals surface area contributed by atoms with Crippen molar-refractivity contribution in [1.82, 2.24) is 0 Å². The van der Waals surface area contributed by atoms with Crippen molar-refractivity contribution in [3.05, 3.63) is 32.8 Å². The first-order chi connectivity index (χ1) is 8.06.